The van der Waals surface area contributed by atoms with Gasteiger partial charge in [0.25, 0.3) is 0 Å². The molecular formula is C13H28N2O2. The summed E-state index contributed by atoms with van der Waals surface area (Å²) in [4.78, 5) is 10.7. The lowest BCUT2D eigenvalue weighted by Crippen LogP contribution is -2.43. The maximum atomic E-state index is 10.7. The summed E-state index contributed by atoms with van der Waals surface area (Å²) in [7, 11) is 1.84. The van der Waals surface area contributed by atoms with Gasteiger partial charge in [-0.3, -0.25) is 0 Å². The first-order valence-electron chi connectivity index (χ1n) is 6.20. The second-order valence-corrected chi connectivity index (χ2v) is 6.81. The van der Waals surface area contributed by atoms with Crippen molar-refractivity contribution in [1.82, 2.24) is 10.6 Å². The Hall–Kier alpha value is -0.770. The van der Waals surface area contributed by atoms with E-state index in [1.54, 1.807) is 0 Å². The molecule has 0 radical (unpaired) electrons. The Morgan fingerprint density at radius 2 is 1.76 bits per heavy atom. The van der Waals surface area contributed by atoms with E-state index >= 15 is 0 Å². The molecule has 4 nitrogen and oxygen atoms in total. The minimum atomic E-state index is -0.947. The van der Waals surface area contributed by atoms with Crippen molar-refractivity contribution >= 4 is 6.09 Å². The van der Waals surface area contributed by atoms with Crippen LogP contribution in [0.25, 0.3) is 0 Å². The number of nitrogens with one attached hydrogen (secondary N) is 2. The molecule has 0 aromatic rings. The van der Waals surface area contributed by atoms with Crippen molar-refractivity contribution in [2.75, 3.05) is 13.6 Å². The molecule has 4 heteroatoms. The third-order valence-electron chi connectivity index (χ3n) is 2.59. The Kier molecular flexibility index (Phi) is 5.96. The van der Waals surface area contributed by atoms with Crippen molar-refractivity contribution in [2.45, 2.75) is 53.5 Å². The summed E-state index contributed by atoms with van der Waals surface area (Å²) >= 11 is 0. The quantitative estimate of drug-likeness (QED) is 0.673. The highest BCUT2D eigenvalue weighted by molar-refractivity contribution is 5.64. The van der Waals surface area contributed by atoms with Crippen molar-refractivity contribution in [3.8, 4) is 0 Å². The lowest BCUT2D eigenvalue weighted by atomic mass is 9.73. The maximum absolute atomic E-state index is 10.7. The maximum Gasteiger partial charge on any atom is 0.404 e. The first-order valence-corrected chi connectivity index (χ1v) is 6.20. The molecule has 0 aliphatic heterocycles. The van der Waals surface area contributed by atoms with E-state index in [0.717, 1.165) is 12.8 Å². The number of carbonyl (C=O) groups is 1. The number of hydrogen-bond acceptors (Lipinski definition) is 2. The molecule has 3 N–H and O–H groups in total. The van der Waals surface area contributed by atoms with Crippen LogP contribution in [-0.4, -0.2) is 30.8 Å². The Balaban J connectivity index is 4.45. The van der Waals surface area contributed by atoms with Crippen molar-refractivity contribution in [1.29, 1.82) is 0 Å². The molecule has 1 atom stereocenters. The van der Waals surface area contributed by atoms with Crippen LogP contribution in [0.5, 0.6) is 0 Å². The van der Waals surface area contributed by atoms with Crippen LogP contribution in [-0.2, 0) is 0 Å². The molecule has 0 fully saturated rings. The first kappa shape index (κ1) is 16.2. The summed E-state index contributed by atoms with van der Waals surface area (Å²) in [5, 5.41) is 14.4. The van der Waals surface area contributed by atoms with Gasteiger partial charge in [0.1, 0.15) is 0 Å². The Morgan fingerprint density at radius 1 is 1.24 bits per heavy atom. The first-order chi connectivity index (χ1) is 7.56. The van der Waals surface area contributed by atoms with Gasteiger partial charge < -0.3 is 15.7 Å². The average Bonchev–Trinajstić information content (AvgIpc) is 1.95. The lowest BCUT2D eigenvalue weighted by molar-refractivity contribution is 0.163. The van der Waals surface area contributed by atoms with Crippen molar-refractivity contribution in [3.05, 3.63) is 0 Å². The molecular weight excluding hydrogens is 216 g/mol. The highest BCUT2D eigenvalue weighted by Crippen LogP contribution is 2.36. The van der Waals surface area contributed by atoms with Gasteiger partial charge in [-0.1, -0.05) is 34.6 Å². The number of likely N-dealkylation sites (N-methyl/N-ethyl adjacent to an activating group) is 1. The summed E-state index contributed by atoms with van der Waals surface area (Å²) in [6.45, 7) is 11.7. The molecule has 0 aliphatic carbocycles. The van der Waals surface area contributed by atoms with E-state index in [4.69, 9.17) is 5.11 Å². The summed E-state index contributed by atoms with van der Waals surface area (Å²) in [6.07, 6.45) is 0.968. The fraction of sp³-hybridized carbons (Fsp3) is 0.923. The largest absolute Gasteiger partial charge is 0.465 e. The zero-order valence-electron chi connectivity index (χ0n) is 12.1. The van der Waals surface area contributed by atoms with E-state index in [1.807, 2.05) is 7.05 Å². The third-order valence-corrected chi connectivity index (χ3v) is 2.59. The van der Waals surface area contributed by atoms with Crippen LogP contribution in [0.2, 0.25) is 0 Å². The van der Waals surface area contributed by atoms with E-state index in [1.165, 1.54) is 0 Å². The molecule has 102 valence electrons. The van der Waals surface area contributed by atoms with Gasteiger partial charge in [0.15, 0.2) is 0 Å². The average molecular weight is 244 g/mol. The Labute approximate surface area is 105 Å². The monoisotopic (exact) mass is 244 g/mol. The van der Waals surface area contributed by atoms with Crippen LogP contribution in [0.3, 0.4) is 0 Å². The van der Waals surface area contributed by atoms with Gasteiger partial charge in [0, 0.05) is 12.6 Å². The number of carboxylic acid groups (broad SMARTS) is 1. The van der Waals surface area contributed by atoms with Gasteiger partial charge >= 0.3 is 6.09 Å². The third kappa shape index (κ3) is 8.98. The predicted molar refractivity (Wildman–Crippen MR) is 71.3 cm³/mol. The van der Waals surface area contributed by atoms with Gasteiger partial charge in [0.05, 0.1) is 0 Å². The summed E-state index contributed by atoms with van der Waals surface area (Å²) in [6, 6.07) is -0.0325. The molecule has 0 bridgehead atoms. The molecule has 0 unspecified atom stereocenters. The highest BCUT2D eigenvalue weighted by Gasteiger charge is 2.28. The number of hydrogen-bond donors (Lipinski definition) is 3. The normalized spacial score (nSPS) is 14.5. The minimum Gasteiger partial charge on any atom is -0.465 e. The molecule has 0 heterocycles. The standard InChI is InChI=1S/C13H28N2O2/c1-12(2,3)9-13(4,5)7-10(8-14-6)15-11(16)17/h10,14-15H,7-9H2,1-6H3,(H,16,17)/t10-/m0/s1. The molecule has 0 spiro atoms. The van der Waals surface area contributed by atoms with Crippen LogP contribution in [0.1, 0.15) is 47.5 Å². The van der Waals surface area contributed by atoms with Gasteiger partial charge in [0.2, 0.25) is 0 Å². The van der Waals surface area contributed by atoms with Crippen LogP contribution >= 0.6 is 0 Å². The van der Waals surface area contributed by atoms with Crippen molar-refractivity contribution < 1.29 is 9.90 Å². The van der Waals surface area contributed by atoms with Gasteiger partial charge in [-0.25, -0.2) is 4.79 Å². The van der Waals surface area contributed by atoms with Gasteiger partial charge in [-0.2, -0.15) is 0 Å². The highest BCUT2D eigenvalue weighted by atomic mass is 16.4. The summed E-state index contributed by atoms with van der Waals surface area (Å²) < 4.78 is 0. The van der Waals surface area contributed by atoms with E-state index in [9.17, 15) is 4.79 Å². The van der Waals surface area contributed by atoms with Crippen molar-refractivity contribution in [3.63, 3.8) is 0 Å². The molecule has 0 aromatic carbocycles. The smallest absolute Gasteiger partial charge is 0.404 e. The zero-order chi connectivity index (χ0) is 13.7. The topological polar surface area (TPSA) is 61.4 Å². The fourth-order valence-electron chi connectivity index (χ4n) is 2.77. The van der Waals surface area contributed by atoms with Crippen LogP contribution in [0.15, 0.2) is 0 Å². The Morgan fingerprint density at radius 3 is 2.12 bits per heavy atom. The van der Waals surface area contributed by atoms with Gasteiger partial charge in [-0.15, -0.1) is 0 Å². The van der Waals surface area contributed by atoms with Crippen molar-refractivity contribution in [2.24, 2.45) is 10.8 Å². The van der Waals surface area contributed by atoms with Gasteiger partial charge in [-0.05, 0) is 30.7 Å². The Bertz CT molecular complexity index is 244. The lowest BCUT2D eigenvalue weighted by Gasteiger charge is -2.35. The predicted octanol–water partition coefficient (Wildman–Crippen LogP) is 2.69. The molecule has 0 saturated carbocycles. The second kappa shape index (κ2) is 6.24. The molecule has 0 aliphatic rings. The van der Waals surface area contributed by atoms with E-state index in [-0.39, 0.29) is 16.9 Å². The van der Waals surface area contributed by atoms with E-state index in [0.29, 0.717) is 6.54 Å². The minimum absolute atomic E-state index is 0.0325. The molecule has 0 aromatic heterocycles. The number of rotatable bonds is 6. The fourth-order valence-corrected chi connectivity index (χ4v) is 2.77. The molecule has 17 heavy (non-hydrogen) atoms. The molecule has 0 saturated heterocycles. The van der Waals surface area contributed by atoms with E-state index in [2.05, 4.69) is 45.3 Å². The zero-order valence-corrected chi connectivity index (χ0v) is 12.1. The molecule has 1 amide bonds. The second-order valence-electron chi connectivity index (χ2n) is 6.81. The summed E-state index contributed by atoms with van der Waals surface area (Å²) in [5.74, 6) is 0. The SMILES string of the molecule is CNC[C@H](CC(C)(C)CC(C)(C)C)NC(=O)O. The van der Waals surface area contributed by atoms with Crippen LogP contribution in [0, 0.1) is 10.8 Å². The van der Waals surface area contributed by atoms with E-state index < -0.39 is 6.09 Å². The molecule has 0 rings (SSSR count). The van der Waals surface area contributed by atoms with Crippen LogP contribution < -0.4 is 10.6 Å². The summed E-state index contributed by atoms with van der Waals surface area (Å²) in [5.41, 5.74) is 0.388. The van der Waals surface area contributed by atoms with Crippen LogP contribution in [0.4, 0.5) is 4.79 Å². The number of amides is 1.